The van der Waals surface area contributed by atoms with E-state index in [1.807, 2.05) is 30.3 Å². The number of thiol groups is 1. The maximum Gasteiger partial charge on any atom is 0.324 e. The lowest BCUT2D eigenvalue weighted by molar-refractivity contribution is -0.134. The Kier molecular flexibility index (Phi) is 12.5. The van der Waals surface area contributed by atoms with Crippen molar-refractivity contribution in [2.45, 2.75) is 102 Å². The highest BCUT2D eigenvalue weighted by atomic mass is 32.1. The van der Waals surface area contributed by atoms with Crippen LogP contribution < -0.4 is 16.0 Å². The molecule has 8 nitrogen and oxygen atoms in total. The Morgan fingerprint density at radius 3 is 2.07 bits per heavy atom. The molecular weight excluding hydrogens is 572 g/mol. The number of rotatable bonds is 10. The van der Waals surface area contributed by atoms with E-state index in [0.29, 0.717) is 11.5 Å². The first kappa shape index (κ1) is 33.3. The predicted octanol–water partition coefficient (Wildman–Crippen LogP) is 6.20. The van der Waals surface area contributed by atoms with Crippen LogP contribution in [0.1, 0.15) is 105 Å². The molecule has 236 valence electrons. The summed E-state index contributed by atoms with van der Waals surface area (Å²) < 4.78 is 0. The maximum absolute atomic E-state index is 14.0. The molecule has 1 atom stereocenters. The van der Waals surface area contributed by atoms with Crippen molar-refractivity contribution in [1.82, 2.24) is 20.9 Å². The highest BCUT2D eigenvalue weighted by Crippen LogP contribution is 2.25. The molecule has 2 aliphatic carbocycles. The molecule has 5 amide bonds. The van der Waals surface area contributed by atoms with Crippen LogP contribution in [0.3, 0.4) is 0 Å². The molecule has 2 fully saturated rings. The number of urea groups is 1. The van der Waals surface area contributed by atoms with Gasteiger partial charge in [-0.3, -0.25) is 19.3 Å². The molecule has 4 rings (SSSR count). The Morgan fingerprint density at radius 1 is 0.864 bits per heavy atom. The molecule has 2 aliphatic rings. The van der Waals surface area contributed by atoms with Gasteiger partial charge in [0.05, 0.1) is 0 Å². The molecule has 3 N–H and O–H groups in total. The van der Waals surface area contributed by atoms with E-state index in [1.54, 1.807) is 30.3 Å². The van der Waals surface area contributed by atoms with E-state index in [-0.39, 0.29) is 23.5 Å². The molecule has 1 unspecified atom stereocenters. The van der Waals surface area contributed by atoms with Gasteiger partial charge in [0.15, 0.2) is 0 Å². The van der Waals surface area contributed by atoms with Gasteiger partial charge in [0.1, 0.15) is 11.7 Å². The Morgan fingerprint density at radius 2 is 1.48 bits per heavy atom. The summed E-state index contributed by atoms with van der Waals surface area (Å²) in [5, 5.41) is 8.62. The molecule has 9 heteroatoms. The van der Waals surface area contributed by atoms with E-state index in [0.717, 1.165) is 75.3 Å². The van der Waals surface area contributed by atoms with Gasteiger partial charge in [-0.05, 0) is 60.9 Å². The predicted molar refractivity (Wildman–Crippen MR) is 177 cm³/mol. The van der Waals surface area contributed by atoms with Crippen molar-refractivity contribution in [2.75, 3.05) is 5.75 Å². The third-order valence-corrected chi connectivity index (χ3v) is 8.92. The summed E-state index contributed by atoms with van der Waals surface area (Å²) in [5.74, 6) is -1.23. The van der Waals surface area contributed by atoms with Crippen molar-refractivity contribution in [3.05, 3.63) is 77.0 Å². The first-order valence-electron chi connectivity index (χ1n) is 16.0. The summed E-state index contributed by atoms with van der Waals surface area (Å²) in [6, 6.07) is 14.7. The van der Waals surface area contributed by atoms with Gasteiger partial charge in [0, 0.05) is 23.4 Å². The van der Waals surface area contributed by atoms with Gasteiger partial charge in [-0.25, -0.2) is 4.79 Å². The SMILES string of the molecule is CC(C)c1ccc(/C=C(/NC(=O)c2ccccc2)C(=O)NC(CS)C(=O)N(C(=O)NC2CCCCC2)C2CCCCC2)cc1. The topological polar surface area (TPSA) is 108 Å². The van der Waals surface area contributed by atoms with Crippen LogP contribution in [0.4, 0.5) is 4.79 Å². The summed E-state index contributed by atoms with van der Waals surface area (Å²) >= 11 is 4.41. The zero-order valence-electron chi connectivity index (χ0n) is 25.9. The van der Waals surface area contributed by atoms with E-state index < -0.39 is 29.8 Å². The molecule has 44 heavy (non-hydrogen) atoms. The van der Waals surface area contributed by atoms with Gasteiger partial charge in [-0.2, -0.15) is 12.6 Å². The monoisotopic (exact) mass is 618 g/mol. The number of nitrogens with one attached hydrogen (secondary N) is 3. The third kappa shape index (κ3) is 9.21. The minimum absolute atomic E-state index is 0.00645. The summed E-state index contributed by atoms with van der Waals surface area (Å²) in [6.07, 6.45) is 11.1. The van der Waals surface area contributed by atoms with Gasteiger partial charge < -0.3 is 16.0 Å². The number of nitrogens with zero attached hydrogens (tertiary/aromatic N) is 1. The lowest BCUT2D eigenvalue weighted by atomic mass is 9.93. The highest BCUT2D eigenvalue weighted by molar-refractivity contribution is 7.80. The van der Waals surface area contributed by atoms with Crippen LogP contribution in [-0.2, 0) is 9.59 Å². The summed E-state index contributed by atoms with van der Waals surface area (Å²) in [4.78, 5) is 55.8. The average Bonchev–Trinajstić information content (AvgIpc) is 3.04. The fourth-order valence-electron chi connectivity index (χ4n) is 5.95. The van der Waals surface area contributed by atoms with Gasteiger partial charge in [0.25, 0.3) is 17.7 Å². The highest BCUT2D eigenvalue weighted by Gasteiger charge is 2.36. The number of imide groups is 1. The van der Waals surface area contributed by atoms with Crippen molar-refractivity contribution in [2.24, 2.45) is 0 Å². The largest absolute Gasteiger partial charge is 0.338 e. The molecular formula is C35H46N4O4S. The average molecular weight is 619 g/mol. The fourth-order valence-corrected chi connectivity index (χ4v) is 6.20. The quantitative estimate of drug-likeness (QED) is 0.188. The summed E-state index contributed by atoms with van der Waals surface area (Å²) in [7, 11) is 0. The van der Waals surface area contributed by atoms with Crippen molar-refractivity contribution in [3.63, 3.8) is 0 Å². The maximum atomic E-state index is 14.0. The van der Waals surface area contributed by atoms with Gasteiger partial charge in [-0.15, -0.1) is 0 Å². The smallest absolute Gasteiger partial charge is 0.324 e. The summed E-state index contributed by atoms with van der Waals surface area (Å²) in [6.45, 7) is 4.20. The zero-order chi connectivity index (χ0) is 31.5. The zero-order valence-corrected chi connectivity index (χ0v) is 26.8. The molecule has 0 bridgehead atoms. The Balaban J connectivity index is 1.57. The lowest BCUT2D eigenvalue weighted by Crippen LogP contribution is -2.59. The van der Waals surface area contributed by atoms with Crippen molar-refractivity contribution in [3.8, 4) is 0 Å². The fraction of sp³-hybridized carbons (Fsp3) is 0.486. The van der Waals surface area contributed by atoms with Crippen LogP contribution in [0.15, 0.2) is 60.3 Å². The van der Waals surface area contributed by atoms with Crippen LogP contribution in [0, 0.1) is 0 Å². The van der Waals surface area contributed by atoms with E-state index in [1.165, 1.54) is 4.90 Å². The molecule has 0 spiro atoms. The molecule has 0 saturated heterocycles. The number of hydrogen-bond acceptors (Lipinski definition) is 5. The number of amides is 5. The van der Waals surface area contributed by atoms with Crippen molar-refractivity contribution < 1.29 is 19.2 Å². The van der Waals surface area contributed by atoms with Crippen molar-refractivity contribution >= 4 is 42.5 Å². The second kappa shape index (κ2) is 16.5. The molecule has 0 radical (unpaired) electrons. The van der Waals surface area contributed by atoms with E-state index in [4.69, 9.17) is 0 Å². The van der Waals surface area contributed by atoms with E-state index in [9.17, 15) is 19.2 Å². The number of carbonyl (C=O) groups excluding carboxylic acids is 4. The molecule has 0 heterocycles. The number of hydrogen-bond donors (Lipinski definition) is 4. The van der Waals surface area contributed by atoms with Crippen LogP contribution in [0.25, 0.3) is 6.08 Å². The lowest BCUT2D eigenvalue weighted by Gasteiger charge is -2.36. The Hall–Kier alpha value is -3.59. The van der Waals surface area contributed by atoms with E-state index in [2.05, 4.69) is 42.4 Å². The van der Waals surface area contributed by atoms with Crippen LogP contribution >= 0.6 is 12.6 Å². The van der Waals surface area contributed by atoms with Crippen molar-refractivity contribution in [1.29, 1.82) is 0 Å². The first-order chi connectivity index (χ1) is 21.3. The normalized spacial score (nSPS) is 17.0. The Labute approximate surface area is 266 Å². The second-order valence-corrected chi connectivity index (χ2v) is 12.6. The molecule has 0 aliphatic heterocycles. The number of carbonyl (C=O) groups is 4. The van der Waals surface area contributed by atoms with E-state index >= 15 is 0 Å². The second-order valence-electron chi connectivity index (χ2n) is 12.2. The van der Waals surface area contributed by atoms with Gasteiger partial charge in [-0.1, -0.05) is 94.8 Å². The molecule has 2 aromatic rings. The van der Waals surface area contributed by atoms with Gasteiger partial charge in [0.2, 0.25) is 0 Å². The van der Waals surface area contributed by atoms with Crippen LogP contribution in [-0.4, -0.2) is 52.5 Å². The van der Waals surface area contributed by atoms with Gasteiger partial charge >= 0.3 is 6.03 Å². The minimum Gasteiger partial charge on any atom is -0.338 e. The minimum atomic E-state index is -1.06. The molecule has 2 saturated carbocycles. The third-order valence-electron chi connectivity index (χ3n) is 8.56. The Bertz CT molecular complexity index is 1300. The molecule has 0 aromatic heterocycles. The molecule has 2 aromatic carbocycles. The number of benzene rings is 2. The van der Waals surface area contributed by atoms with Crippen LogP contribution in [0.5, 0.6) is 0 Å². The first-order valence-corrected chi connectivity index (χ1v) is 16.6. The standard InChI is InChI=1S/C35H46N4O4S/c1-24(2)26-20-18-25(19-21-26)22-30(37-32(40)27-12-6-3-7-13-27)33(41)38-31(23-44)34(42)39(29-16-10-5-11-17-29)35(43)36-28-14-8-4-9-15-28/h3,6-7,12-13,18-22,24,28-29,31,44H,4-5,8-11,14-17,23H2,1-2H3,(H,36,43)(H,37,40)(H,38,41)/b30-22+. The van der Waals surface area contributed by atoms with Crippen LogP contribution in [0.2, 0.25) is 0 Å². The summed E-state index contributed by atoms with van der Waals surface area (Å²) in [5.41, 5.74) is 2.26.